The van der Waals surface area contributed by atoms with Crippen molar-refractivity contribution in [2.24, 2.45) is 0 Å². The Labute approximate surface area is 215 Å². The van der Waals surface area contributed by atoms with Gasteiger partial charge in [-0.1, -0.05) is 91.9 Å². The summed E-state index contributed by atoms with van der Waals surface area (Å²) >= 11 is 1.53. The molecule has 1 aliphatic rings. The molecule has 0 aliphatic heterocycles. The number of rotatable bonds is 8. The minimum atomic E-state index is -0.101. The molecule has 5 nitrogen and oxygen atoms in total. The zero-order chi connectivity index (χ0) is 24.9. The third kappa shape index (κ3) is 5.44. The van der Waals surface area contributed by atoms with Gasteiger partial charge in [0, 0.05) is 17.4 Å². The van der Waals surface area contributed by atoms with E-state index in [-0.39, 0.29) is 17.5 Å². The van der Waals surface area contributed by atoms with Crippen LogP contribution in [0.25, 0.3) is 17.0 Å². The van der Waals surface area contributed by atoms with Crippen LogP contribution in [0.4, 0.5) is 0 Å². The van der Waals surface area contributed by atoms with Gasteiger partial charge in [0.15, 0.2) is 5.16 Å². The zero-order valence-electron chi connectivity index (χ0n) is 20.2. The number of fused-ring (bicyclic) bond motifs is 1. The normalized spacial score (nSPS) is 13.7. The summed E-state index contributed by atoms with van der Waals surface area (Å²) in [6.45, 7) is 4.25. The number of aromatic nitrogens is 2. The van der Waals surface area contributed by atoms with Gasteiger partial charge in [-0.25, -0.2) is 4.98 Å². The largest absolute Gasteiger partial charge is 0.349 e. The summed E-state index contributed by atoms with van der Waals surface area (Å²) in [7, 11) is 0. The topological polar surface area (TPSA) is 64.0 Å². The van der Waals surface area contributed by atoms with Crippen molar-refractivity contribution in [2.75, 3.05) is 0 Å². The van der Waals surface area contributed by atoms with Gasteiger partial charge in [-0.2, -0.15) is 0 Å². The molecule has 1 amide bonds. The maximum Gasteiger partial charge on any atom is 0.262 e. The Morgan fingerprint density at radius 2 is 1.78 bits per heavy atom. The van der Waals surface area contributed by atoms with Crippen molar-refractivity contribution in [3.8, 4) is 0 Å². The first-order valence-electron chi connectivity index (χ1n) is 12.3. The van der Waals surface area contributed by atoms with Crippen LogP contribution in [0.2, 0.25) is 0 Å². The number of carbonyl (C=O) groups is 1. The molecule has 0 bridgehead atoms. The van der Waals surface area contributed by atoms with Crippen LogP contribution in [-0.4, -0.2) is 21.5 Å². The lowest BCUT2D eigenvalue weighted by Crippen LogP contribution is -2.32. The molecule has 5 rings (SSSR count). The van der Waals surface area contributed by atoms with E-state index in [0.717, 1.165) is 42.4 Å². The lowest BCUT2D eigenvalue weighted by molar-refractivity contribution is 0.0938. The molecule has 6 heteroatoms. The van der Waals surface area contributed by atoms with Crippen LogP contribution in [0.3, 0.4) is 0 Å². The molecule has 3 aromatic carbocycles. The average Bonchev–Trinajstić information content (AvgIpc) is 3.43. The first-order chi connectivity index (χ1) is 17.6. The van der Waals surface area contributed by atoms with E-state index in [1.165, 1.54) is 11.8 Å². The highest BCUT2D eigenvalue weighted by Gasteiger charge is 2.19. The molecule has 1 heterocycles. The SMILES string of the molecule is C=Cc1ccc(CSc2nc3cc(C(=O)NC4CCCC4)ccc3c(=O)n2Cc2ccccc2)cc1. The molecule has 4 aromatic rings. The van der Waals surface area contributed by atoms with E-state index in [1.807, 2.05) is 48.5 Å². The maximum atomic E-state index is 13.6. The molecular weight excluding hydrogens is 466 g/mol. The third-order valence-corrected chi connectivity index (χ3v) is 7.69. The molecule has 0 spiro atoms. The smallest absolute Gasteiger partial charge is 0.262 e. The molecule has 0 saturated heterocycles. The number of nitrogens with zero attached hydrogens (tertiary/aromatic N) is 2. The molecule has 1 fully saturated rings. The van der Waals surface area contributed by atoms with E-state index in [9.17, 15) is 9.59 Å². The predicted octanol–water partition coefficient (Wildman–Crippen LogP) is 6.05. The number of hydrogen-bond acceptors (Lipinski definition) is 4. The monoisotopic (exact) mass is 495 g/mol. The van der Waals surface area contributed by atoms with Crippen LogP contribution in [0, 0.1) is 0 Å². The highest BCUT2D eigenvalue weighted by atomic mass is 32.2. The summed E-state index contributed by atoms with van der Waals surface area (Å²) in [4.78, 5) is 31.3. The molecule has 1 aromatic heterocycles. The van der Waals surface area contributed by atoms with Crippen LogP contribution < -0.4 is 10.9 Å². The van der Waals surface area contributed by atoms with Gasteiger partial charge in [-0.15, -0.1) is 0 Å². The Balaban J connectivity index is 1.49. The fourth-order valence-electron chi connectivity index (χ4n) is 4.59. The second-order valence-electron chi connectivity index (χ2n) is 9.19. The maximum absolute atomic E-state index is 13.6. The Morgan fingerprint density at radius 3 is 2.50 bits per heavy atom. The van der Waals surface area contributed by atoms with Crippen molar-refractivity contribution in [2.45, 2.75) is 49.2 Å². The summed E-state index contributed by atoms with van der Waals surface area (Å²) in [6.07, 6.45) is 6.18. The van der Waals surface area contributed by atoms with Crippen molar-refractivity contribution in [1.82, 2.24) is 14.9 Å². The van der Waals surface area contributed by atoms with Gasteiger partial charge >= 0.3 is 0 Å². The Morgan fingerprint density at radius 1 is 1.03 bits per heavy atom. The van der Waals surface area contributed by atoms with Crippen LogP contribution in [0.5, 0.6) is 0 Å². The van der Waals surface area contributed by atoms with Crippen molar-refractivity contribution < 1.29 is 4.79 Å². The number of carbonyl (C=O) groups excluding carboxylic acids is 1. The highest BCUT2D eigenvalue weighted by molar-refractivity contribution is 7.98. The summed E-state index contributed by atoms with van der Waals surface area (Å²) in [5, 5.41) is 4.28. The van der Waals surface area contributed by atoms with Gasteiger partial charge in [0.1, 0.15) is 0 Å². The minimum absolute atomic E-state index is 0.101. The molecular formula is C30H29N3O2S. The minimum Gasteiger partial charge on any atom is -0.349 e. The summed E-state index contributed by atoms with van der Waals surface area (Å²) in [5.41, 5.74) is 4.22. The van der Waals surface area contributed by atoms with Crippen molar-refractivity contribution >= 4 is 34.6 Å². The van der Waals surface area contributed by atoms with E-state index >= 15 is 0 Å². The lowest BCUT2D eigenvalue weighted by Gasteiger charge is -2.15. The van der Waals surface area contributed by atoms with E-state index < -0.39 is 0 Å². The predicted molar refractivity (Wildman–Crippen MR) is 147 cm³/mol. The van der Waals surface area contributed by atoms with Crippen LogP contribution in [0.1, 0.15) is 52.7 Å². The van der Waals surface area contributed by atoms with Crippen molar-refractivity contribution in [1.29, 1.82) is 0 Å². The molecule has 182 valence electrons. The second kappa shape index (κ2) is 11.0. The average molecular weight is 496 g/mol. The first-order valence-corrected chi connectivity index (χ1v) is 13.3. The Hall–Kier alpha value is -3.64. The van der Waals surface area contributed by atoms with Gasteiger partial charge in [-0.05, 0) is 47.7 Å². The second-order valence-corrected chi connectivity index (χ2v) is 10.1. The molecule has 36 heavy (non-hydrogen) atoms. The molecule has 0 radical (unpaired) electrons. The third-order valence-electron chi connectivity index (χ3n) is 6.64. The van der Waals surface area contributed by atoms with E-state index in [1.54, 1.807) is 22.8 Å². The Kier molecular flexibility index (Phi) is 7.33. The fourth-order valence-corrected chi connectivity index (χ4v) is 5.55. The van der Waals surface area contributed by atoms with Gasteiger partial charge in [0.2, 0.25) is 0 Å². The van der Waals surface area contributed by atoms with Gasteiger partial charge < -0.3 is 5.32 Å². The standard InChI is InChI=1S/C30H29N3O2S/c1-2-21-12-14-23(15-13-21)20-36-30-32-27-18-24(28(34)31-25-10-6-7-11-25)16-17-26(27)29(35)33(30)19-22-8-4-3-5-9-22/h2-5,8-9,12-18,25H,1,6-7,10-11,19-20H2,(H,31,34). The first kappa shape index (κ1) is 24.1. The molecule has 0 unspecified atom stereocenters. The number of thioether (sulfide) groups is 1. The summed E-state index contributed by atoms with van der Waals surface area (Å²) < 4.78 is 1.73. The number of benzene rings is 3. The number of amides is 1. The lowest BCUT2D eigenvalue weighted by atomic mass is 10.1. The molecule has 1 saturated carbocycles. The highest BCUT2D eigenvalue weighted by Crippen LogP contribution is 2.24. The molecule has 1 N–H and O–H groups in total. The van der Waals surface area contributed by atoms with E-state index in [0.29, 0.717) is 33.9 Å². The quantitative estimate of drug-likeness (QED) is 0.239. The zero-order valence-corrected chi connectivity index (χ0v) is 21.0. The Bertz CT molecular complexity index is 1440. The number of hydrogen-bond donors (Lipinski definition) is 1. The molecule has 1 aliphatic carbocycles. The molecule has 0 atom stereocenters. The fraction of sp³-hybridized carbons (Fsp3) is 0.233. The van der Waals surface area contributed by atoms with Gasteiger partial charge in [-0.3, -0.25) is 14.2 Å². The van der Waals surface area contributed by atoms with Crippen LogP contribution >= 0.6 is 11.8 Å². The van der Waals surface area contributed by atoms with Crippen LogP contribution in [0.15, 0.2) is 89.3 Å². The van der Waals surface area contributed by atoms with Crippen molar-refractivity contribution in [3.63, 3.8) is 0 Å². The summed E-state index contributed by atoms with van der Waals surface area (Å²) in [5.74, 6) is 0.571. The van der Waals surface area contributed by atoms with E-state index in [2.05, 4.69) is 24.0 Å². The van der Waals surface area contributed by atoms with Gasteiger partial charge in [0.25, 0.3) is 11.5 Å². The van der Waals surface area contributed by atoms with E-state index in [4.69, 9.17) is 4.98 Å². The van der Waals surface area contributed by atoms with Crippen LogP contribution in [-0.2, 0) is 12.3 Å². The van der Waals surface area contributed by atoms with Gasteiger partial charge in [0.05, 0.1) is 17.4 Å². The number of nitrogens with one attached hydrogen (secondary N) is 1. The summed E-state index contributed by atoms with van der Waals surface area (Å²) in [6, 6.07) is 23.6. The van der Waals surface area contributed by atoms with Crippen molar-refractivity contribution in [3.05, 3.63) is 112 Å².